The van der Waals surface area contributed by atoms with Gasteiger partial charge in [0.05, 0.1) is 25.5 Å². The van der Waals surface area contributed by atoms with Crippen molar-refractivity contribution in [1.29, 1.82) is 0 Å². The maximum Gasteiger partial charge on any atom is 0.277 e. The van der Waals surface area contributed by atoms with Gasteiger partial charge >= 0.3 is 0 Å². The summed E-state index contributed by atoms with van der Waals surface area (Å²) in [5.41, 5.74) is 4.37. The molecule has 4 rings (SSSR count). The van der Waals surface area contributed by atoms with Gasteiger partial charge in [-0.15, -0.1) is 0 Å². The molecular formula is C22H28N4O3. The molecule has 0 radical (unpaired) electrons. The highest BCUT2D eigenvalue weighted by atomic mass is 16.5. The molecule has 0 atom stereocenters. The Morgan fingerprint density at radius 2 is 1.97 bits per heavy atom. The van der Waals surface area contributed by atoms with E-state index in [1.165, 1.54) is 0 Å². The zero-order valence-electron chi connectivity index (χ0n) is 17.7. The van der Waals surface area contributed by atoms with Gasteiger partial charge in [-0.25, -0.2) is 9.50 Å². The molecule has 0 aliphatic carbocycles. The minimum atomic E-state index is -0.0718. The van der Waals surface area contributed by atoms with Crippen LogP contribution in [0.3, 0.4) is 0 Å². The van der Waals surface area contributed by atoms with Crippen LogP contribution in [0.2, 0.25) is 0 Å². The van der Waals surface area contributed by atoms with Gasteiger partial charge in [0.15, 0.2) is 5.65 Å². The molecule has 2 aromatic heterocycles. The minimum Gasteiger partial charge on any atom is -0.497 e. The van der Waals surface area contributed by atoms with E-state index in [2.05, 4.69) is 30.8 Å². The molecule has 0 amide bonds. The fourth-order valence-corrected chi connectivity index (χ4v) is 3.78. The number of rotatable bonds is 4. The van der Waals surface area contributed by atoms with Crippen molar-refractivity contribution in [2.24, 2.45) is 0 Å². The first kappa shape index (κ1) is 19.5. The Hall–Kier alpha value is -2.80. The van der Waals surface area contributed by atoms with Gasteiger partial charge in [-0.2, -0.15) is 0 Å². The topological polar surface area (TPSA) is 71.9 Å². The second-order valence-corrected chi connectivity index (χ2v) is 8.59. The number of H-pyrrole nitrogens is 1. The molecular weight excluding hydrogens is 368 g/mol. The third-order valence-electron chi connectivity index (χ3n) is 5.54. The molecule has 1 N–H and O–H groups in total. The van der Waals surface area contributed by atoms with E-state index < -0.39 is 0 Å². The quantitative estimate of drug-likeness (QED) is 0.734. The second-order valence-electron chi connectivity index (χ2n) is 8.59. The average Bonchev–Trinajstić information content (AvgIpc) is 3.14. The van der Waals surface area contributed by atoms with Gasteiger partial charge < -0.3 is 9.47 Å². The van der Waals surface area contributed by atoms with Crippen molar-refractivity contribution in [3.8, 4) is 11.5 Å². The van der Waals surface area contributed by atoms with Gasteiger partial charge in [0.25, 0.3) is 5.56 Å². The fraction of sp³-hybridized carbons (Fsp3) is 0.455. The van der Waals surface area contributed by atoms with E-state index in [9.17, 15) is 4.79 Å². The van der Waals surface area contributed by atoms with E-state index in [-0.39, 0.29) is 11.0 Å². The van der Waals surface area contributed by atoms with Crippen LogP contribution >= 0.6 is 0 Å². The first-order valence-electron chi connectivity index (χ1n) is 9.87. The normalized spacial score (nSPS) is 14.8. The average molecular weight is 396 g/mol. The number of benzene rings is 1. The first-order chi connectivity index (χ1) is 13.8. The van der Waals surface area contributed by atoms with Crippen molar-refractivity contribution in [2.45, 2.75) is 45.7 Å². The van der Waals surface area contributed by atoms with E-state index in [0.29, 0.717) is 18.7 Å². The maximum absolute atomic E-state index is 13.1. The lowest BCUT2D eigenvalue weighted by molar-refractivity contribution is 0.237. The highest BCUT2D eigenvalue weighted by Gasteiger charge is 2.25. The number of nitrogens with one attached hydrogen (secondary N) is 1. The molecule has 7 nitrogen and oxygen atoms in total. The Balaban J connectivity index is 1.64. The van der Waals surface area contributed by atoms with Crippen molar-refractivity contribution in [2.75, 3.05) is 20.8 Å². The van der Waals surface area contributed by atoms with Crippen LogP contribution in [-0.4, -0.2) is 40.3 Å². The van der Waals surface area contributed by atoms with E-state index in [0.717, 1.165) is 47.0 Å². The molecule has 154 valence electrons. The van der Waals surface area contributed by atoms with Crippen molar-refractivity contribution in [1.82, 2.24) is 19.5 Å². The first-order valence-corrected chi connectivity index (χ1v) is 9.87. The molecule has 7 heteroatoms. The smallest absolute Gasteiger partial charge is 0.277 e. The predicted octanol–water partition coefficient (Wildman–Crippen LogP) is 2.90. The molecule has 0 saturated heterocycles. The summed E-state index contributed by atoms with van der Waals surface area (Å²) in [5, 5.41) is 3.24. The van der Waals surface area contributed by atoms with E-state index in [4.69, 9.17) is 14.5 Å². The van der Waals surface area contributed by atoms with Gasteiger partial charge in [0, 0.05) is 54.9 Å². The summed E-state index contributed by atoms with van der Waals surface area (Å²) in [6, 6.07) is 7.82. The Labute approximate surface area is 170 Å². The van der Waals surface area contributed by atoms with Crippen LogP contribution in [0, 0.1) is 0 Å². The molecule has 3 heterocycles. The number of hydrogen-bond donors (Lipinski definition) is 1. The minimum absolute atomic E-state index is 0.00750. The lowest BCUT2D eigenvalue weighted by Gasteiger charge is -2.28. The van der Waals surface area contributed by atoms with Gasteiger partial charge in [0.2, 0.25) is 0 Å². The molecule has 1 aliphatic heterocycles. The summed E-state index contributed by atoms with van der Waals surface area (Å²) in [4.78, 5) is 20.2. The number of ether oxygens (including phenoxy) is 2. The lowest BCUT2D eigenvalue weighted by Crippen LogP contribution is -2.36. The molecule has 0 spiro atoms. The van der Waals surface area contributed by atoms with Crippen LogP contribution in [0.15, 0.2) is 29.1 Å². The van der Waals surface area contributed by atoms with E-state index >= 15 is 0 Å². The Kier molecular flexibility index (Phi) is 4.86. The number of nitrogens with zero attached hydrogens (tertiary/aromatic N) is 3. The monoisotopic (exact) mass is 396 g/mol. The summed E-state index contributed by atoms with van der Waals surface area (Å²) in [6.07, 6.45) is 0.759. The van der Waals surface area contributed by atoms with Crippen LogP contribution in [0.5, 0.6) is 11.5 Å². The number of aromatic amines is 1. The molecule has 29 heavy (non-hydrogen) atoms. The third-order valence-corrected chi connectivity index (χ3v) is 5.54. The molecule has 1 aromatic carbocycles. The van der Waals surface area contributed by atoms with Crippen molar-refractivity contribution in [3.63, 3.8) is 0 Å². The Morgan fingerprint density at radius 3 is 2.66 bits per heavy atom. The van der Waals surface area contributed by atoms with Crippen molar-refractivity contribution < 1.29 is 9.47 Å². The van der Waals surface area contributed by atoms with Gasteiger partial charge in [-0.3, -0.25) is 14.8 Å². The third kappa shape index (κ3) is 3.62. The van der Waals surface area contributed by atoms with Crippen LogP contribution in [0.25, 0.3) is 5.65 Å². The largest absolute Gasteiger partial charge is 0.497 e. The van der Waals surface area contributed by atoms with Gasteiger partial charge in [-0.05, 0) is 6.07 Å². The van der Waals surface area contributed by atoms with E-state index in [1.54, 1.807) is 18.7 Å². The Bertz CT molecular complexity index is 1110. The Morgan fingerprint density at radius 1 is 1.17 bits per heavy atom. The zero-order valence-corrected chi connectivity index (χ0v) is 17.7. The molecule has 0 bridgehead atoms. The van der Waals surface area contributed by atoms with Crippen molar-refractivity contribution >= 4 is 5.65 Å². The molecule has 1 aliphatic rings. The van der Waals surface area contributed by atoms with Crippen LogP contribution in [0.1, 0.15) is 43.3 Å². The highest BCUT2D eigenvalue weighted by Crippen LogP contribution is 2.27. The van der Waals surface area contributed by atoms with Crippen LogP contribution < -0.4 is 15.0 Å². The van der Waals surface area contributed by atoms with Crippen LogP contribution in [0.4, 0.5) is 0 Å². The summed E-state index contributed by atoms with van der Waals surface area (Å²) in [7, 11) is 3.30. The lowest BCUT2D eigenvalue weighted by atomic mass is 9.93. The zero-order chi connectivity index (χ0) is 20.8. The number of fused-ring (bicyclic) bond motifs is 2. The second kappa shape index (κ2) is 7.22. The number of methoxy groups -OCH3 is 2. The van der Waals surface area contributed by atoms with E-state index in [1.807, 2.05) is 24.3 Å². The highest BCUT2D eigenvalue weighted by molar-refractivity contribution is 5.44. The molecule has 0 unspecified atom stereocenters. The SMILES string of the molecule is COc1ccc(CN2CCc3nc4cc(C(C)(C)C)[nH]n4c(=O)c3C2)c(OC)c1. The van der Waals surface area contributed by atoms with Crippen LogP contribution in [-0.2, 0) is 24.9 Å². The summed E-state index contributed by atoms with van der Waals surface area (Å²) >= 11 is 0. The molecule has 0 saturated carbocycles. The predicted molar refractivity (Wildman–Crippen MR) is 112 cm³/mol. The fourth-order valence-electron chi connectivity index (χ4n) is 3.78. The molecule has 0 fully saturated rings. The number of aromatic nitrogens is 3. The van der Waals surface area contributed by atoms with Gasteiger partial charge in [0.1, 0.15) is 11.5 Å². The van der Waals surface area contributed by atoms with Crippen molar-refractivity contribution in [3.05, 3.63) is 57.1 Å². The summed E-state index contributed by atoms with van der Waals surface area (Å²) in [5.74, 6) is 1.56. The van der Waals surface area contributed by atoms with Gasteiger partial charge in [-0.1, -0.05) is 26.8 Å². The standard InChI is InChI=1S/C22H28N4O3/c1-22(2,3)19-11-20-23-17-8-9-25(13-16(17)21(27)26(20)24-19)12-14-6-7-15(28-4)10-18(14)29-5/h6-7,10-11,24H,8-9,12-13H2,1-5H3. The maximum atomic E-state index is 13.1. The summed E-state index contributed by atoms with van der Waals surface area (Å²) in [6.45, 7) is 8.48. The summed E-state index contributed by atoms with van der Waals surface area (Å²) < 4.78 is 12.4. The number of hydrogen-bond acceptors (Lipinski definition) is 5. The molecule has 3 aromatic rings.